The van der Waals surface area contributed by atoms with Gasteiger partial charge in [0.15, 0.2) is 11.6 Å². The van der Waals surface area contributed by atoms with Crippen LogP contribution in [0.3, 0.4) is 0 Å². The Balaban J connectivity index is 1.88. The Kier molecular flexibility index (Phi) is 6.43. The molecule has 1 fully saturated rings. The van der Waals surface area contributed by atoms with Gasteiger partial charge in [-0.1, -0.05) is 25.7 Å². The summed E-state index contributed by atoms with van der Waals surface area (Å²) in [5.74, 6) is -4.18. The Morgan fingerprint density at radius 2 is 1.61 bits per heavy atom. The molecule has 1 aliphatic carbocycles. The fourth-order valence-electron chi connectivity index (χ4n) is 2.60. The fourth-order valence-corrected chi connectivity index (χ4v) is 3.68. The molecule has 0 amide bonds. The molecule has 130 valence electrons. The Bertz CT molecular complexity index is 629. The van der Waals surface area contributed by atoms with E-state index in [4.69, 9.17) is 4.74 Å². The largest absolute Gasteiger partial charge is 0.377 e. The van der Waals surface area contributed by atoms with Crippen LogP contribution < -0.4 is 4.72 Å². The predicted molar refractivity (Wildman–Crippen MR) is 78.9 cm³/mol. The van der Waals surface area contributed by atoms with Crippen molar-refractivity contribution in [2.24, 2.45) is 0 Å². The number of nitrogens with one attached hydrogen (secondary N) is 1. The highest BCUT2D eigenvalue weighted by atomic mass is 32.2. The first-order valence-corrected chi connectivity index (χ1v) is 9.14. The second-order valence-corrected chi connectivity index (χ2v) is 7.31. The summed E-state index contributed by atoms with van der Waals surface area (Å²) in [7, 11) is -4.25. The molecule has 8 heteroatoms. The van der Waals surface area contributed by atoms with Gasteiger partial charge in [0.25, 0.3) is 0 Å². The van der Waals surface area contributed by atoms with Crippen molar-refractivity contribution in [1.29, 1.82) is 0 Å². The van der Waals surface area contributed by atoms with E-state index in [1.165, 1.54) is 12.8 Å². The summed E-state index contributed by atoms with van der Waals surface area (Å²) >= 11 is 0. The summed E-state index contributed by atoms with van der Waals surface area (Å²) in [6, 6.07) is 0.547. The van der Waals surface area contributed by atoms with Crippen LogP contribution in [0.2, 0.25) is 0 Å². The second kappa shape index (κ2) is 8.12. The van der Waals surface area contributed by atoms with Crippen LogP contribution in [0.4, 0.5) is 13.2 Å². The third kappa shape index (κ3) is 5.19. The van der Waals surface area contributed by atoms with Crippen LogP contribution >= 0.6 is 0 Å². The number of hydrogen-bond acceptors (Lipinski definition) is 3. The van der Waals surface area contributed by atoms with Gasteiger partial charge in [-0.05, 0) is 18.9 Å². The zero-order valence-electron chi connectivity index (χ0n) is 12.7. The van der Waals surface area contributed by atoms with Gasteiger partial charge in [0.05, 0.1) is 12.7 Å². The third-order valence-corrected chi connectivity index (χ3v) is 5.29. The van der Waals surface area contributed by atoms with E-state index in [1.807, 2.05) is 0 Å². The lowest BCUT2D eigenvalue weighted by Gasteiger charge is -2.15. The number of halogens is 3. The Morgan fingerprint density at radius 3 is 2.26 bits per heavy atom. The van der Waals surface area contributed by atoms with Gasteiger partial charge in [0.2, 0.25) is 10.0 Å². The smallest absolute Gasteiger partial charge is 0.243 e. The molecular weight excluding hydrogens is 331 g/mol. The summed E-state index contributed by atoms with van der Waals surface area (Å²) < 4.78 is 71.1. The van der Waals surface area contributed by atoms with Crippen LogP contribution in [0.1, 0.15) is 38.5 Å². The number of rotatable bonds is 6. The lowest BCUT2D eigenvalue weighted by molar-refractivity contribution is 0.0471. The number of sulfonamides is 1. The molecule has 1 saturated carbocycles. The molecule has 4 nitrogen and oxygen atoms in total. The highest BCUT2D eigenvalue weighted by Gasteiger charge is 2.22. The molecule has 0 spiro atoms. The molecule has 23 heavy (non-hydrogen) atoms. The monoisotopic (exact) mass is 351 g/mol. The highest BCUT2D eigenvalue weighted by Crippen LogP contribution is 2.20. The molecule has 1 aromatic rings. The average molecular weight is 351 g/mol. The van der Waals surface area contributed by atoms with E-state index in [0.717, 1.165) is 25.7 Å². The minimum Gasteiger partial charge on any atom is -0.377 e. The topological polar surface area (TPSA) is 55.4 Å². The number of benzene rings is 1. The van der Waals surface area contributed by atoms with Crippen LogP contribution in [0, 0.1) is 17.5 Å². The lowest BCUT2D eigenvalue weighted by Crippen LogP contribution is -2.29. The zero-order valence-corrected chi connectivity index (χ0v) is 13.5. The van der Waals surface area contributed by atoms with Crippen molar-refractivity contribution in [3.8, 4) is 0 Å². The van der Waals surface area contributed by atoms with Crippen LogP contribution in [0.25, 0.3) is 0 Å². The van der Waals surface area contributed by atoms with Crippen molar-refractivity contribution in [3.63, 3.8) is 0 Å². The molecule has 1 N–H and O–H groups in total. The van der Waals surface area contributed by atoms with E-state index >= 15 is 0 Å². The molecule has 0 aromatic heterocycles. The highest BCUT2D eigenvalue weighted by molar-refractivity contribution is 7.89. The van der Waals surface area contributed by atoms with E-state index < -0.39 is 32.4 Å². The van der Waals surface area contributed by atoms with Crippen molar-refractivity contribution < 1.29 is 26.3 Å². The molecular formula is C15H20F3NO3S. The standard InChI is InChI=1S/C15H20F3NO3S/c16-12-9-14(18)15(10-13(12)17)23(20,21)19-7-8-22-11-5-3-1-2-4-6-11/h9-11,19H,1-8H2. The average Bonchev–Trinajstić information content (AvgIpc) is 2.76. The first kappa shape index (κ1) is 18.2. The Morgan fingerprint density at radius 1 is 1.00 bits per heavy atom. The fraction of sp³-hybridized carbons (Fsp3) is 0.600. The van der Waals surface area contributed by atoms with Gasteiger partial charge < -0.3 is 4.74 Å². The van der Waals surface area contributed by atoms with Crippen LogP contribution in [0.15, 0.2) is 17.0 Å². The summed E-state index contributed by atoms with van der Waals surface area (Å²) in [6.45, 7) is 0.0897. The van der Waals surface area contributed by atoms with Gasteiger partial charge in [-0.15, -0.1) is 0 Å². The zero-order chi connectivity index (χ0) is 16.9. The van der Waals surface area contributed by atoms with Gasteiger partial charge in [-0.25, -0.2) is 26.3 Å². The van der Waals surface area contributed by atoms with Gasteiger partial charge in [0.1, 0.15) is 10.7 Å². The molecule has 0 saturated heterocycles. The van der Waals surface area contributed by atoms with Crippen molar-refractivity contribution in [2.75, 3.05) is 13.2 Å². The minimum absolute atomic E-state index is 0.0583. The minimum atomic E-state index is -4.25. The van der Waals surface area contributed by atoms with E-state index in [-0.39, 0.29) is 25.3 Å². The van der Waals surface area contributed by atoms with E-state index in [0.29, 0.717) is 6.07 Å². The quantitative estimate of drug-likeness (QED) is 0.487. The summed E-state index contributed by atoms with van der Waals surface area (Å²) in [5.41, 5.74) is 0. The molecule has 0 unspecified atom stereocenters. The number of hydrogen-bond donors (Lipinski definition) is 1. The van der Waals surface area contributed by atoms with Crippen molar-refractivity contribution in [1.82, 2.24) is 4.72 Å². The van der Waals surface area contributed by atoms with E-state index in [2.05, 4.69) is 4.72 Å². The summed E-state index contributed by atoms with van der Waals surface area (Å²) in [6.07, 6.45) is 6.56. The third-order valence-electron chi connectivity index (χ3n) is 3.81. The van der Waals surface area contributed by atoms with Crippen molar-refractivity contribution >= 4 is 10.0 Å². The molecule has 0 heterocycles. The van der Waals surface area contributed by atoms with Gasteiger partial charge >= 0.3 is 0 Å². The first-order valence-electron chi connectivity index (χ1n) is 7.66. The maximum Gasteiger partial charge on any atom is 0.243 e. The maximum atomic E-state index is 13.5. The maximum absolute atomic E-state index is 13.5. The van der Waals surface area contributed by atoms with Crippen LogP contribution in [-0.2, 0) is 14.8 Å². The summed E-state index contributed by atoms with van der Waals surface area (Å²) in [4.78, 5) is -0.911. The second-order valence-electron chi connectivity index (χ2n) is 5.58. The predicted octanol–water partition coefficient (Wildman–Crippen LogP) is 3.12. The molecule has 1 aliphatic rings. The van der Waals surface area contributed by atoms with Crippen LogP contribution in [-0.4, -0.2) is 27.7 Å². The van der Waals surface area contributed by atoms with Crippen molar-refractivity contribution in [3.05, 3.63) is 29.6 Å². The van der Waals surface area contributed by atoms with Gasteiger partial charge in [0, 0.05) is 12.6 Å². The van der Waals surface area contributed by atoms with Gasteiger partial charge in [-0.3, -0.25) is 0 Å². The van der Waals surface area contributed by atoms with Gasteiger partial charge in [-0.2, -0.15) is 0 Å². The molecule has 0 bridgehead atoms. The molecule has 0 atom stereocenters. The molecule has 0 radical (unpaired) electrons. The Hall–Kier alpha value is -1.12. The molecule has 2 rings (SSSR count). The number of ether oxygens (including phenoxy) is 1. The molecule has 0 aliphatic heterocycles. The lowest BCUT2D eigenvalue weighted by atomic mass is 10.1. The van der Waals surface area contributed by atoms with E-state index in [9.17, 15) is 21.6 Å². The van der Waals surface area contributed by atoms with Crippen molar-refractivity contribution in [2.45, 2.75) is 49.5 Å². The van der Waals surface area contributed by atoms with Crippen LogP contribution in [0.5, 0.6) is 0 Å². The van der Waals surface area contributed by atoms with E-state index in [1.54, 1.807) is 0 Å². The first-order chi connectivity index (χ1) is 10.9. The molecule has 1 aromatic carbocycles. The SMILES string of the molecule is O=S(=O)(NCCOC1CCCCCC1)c1cc(F)c(F)cc1F. The Labute approximate surface area is 134 Å². The normalized spacial score (nSPS) is 17.2. The summed E-state index contributed by atoms with van der Waals surface area (Å²) in [5, 5.41) is 0.